The Morgan fingerprint density at radius 2 is 1.96 bits per heavy atom. The van der Waals surface area contributed by atoms with E-state index in [0.717, 1.165) is 34.5 Å². The lowest BCUT2D eigenvalue weighted by Crippen LogP contribution is -1.99. The Labute approximate surface area is 139 Å². The summed E-state index contributed by atoms with van der Waals surface area (Å²) >= 11 is 1.76. The smallest absolute Gasteiger partial charge is 0.142 e. The zero-order chi connectivity index (χ0) is 15.8. The van der Waals surface area contributed by atoms with Crippen molar-refractivity contribution in [3.8, 4) is 22.9 Å². The average molecular weight is 320 g/mol. The predicted molar refractivity (Wildman–Crippen MR) is 93.0 cm³/mol. The van der Waals surface area contributed by atoms with Crippen molar-refractivity contribution in [2.75, 3.05) is 7.11 Å². The summed E-state index contributed by atoms with van der Waals surface area (Å²) in [7, 11) is 1.67. The first kappa shape index (κ1) is 14.2. The van der Waals surface area contributed by atoms with E-state index in [1.165, 1.54) is 28.7 Å². The van der Waals surface area contributed by atoms with Crippen LogP contribution in [-0.4, -0.2) is 12.1 Å². The van der Waals surface area contributed by atoms with Crippen LogP contribution < -0.4 is 4.74 Å². The highest BCUT2D eigenvalue weighted by Gasteiger charge is 2.20. The van der Waals surface area contributed by atoms with Crippen LogP contribution in [0.4, 0.5) is 0 Å². The molecule has 0 fully saturated rings. The molecule has 3 aromatic rings. The van der Waals surface area contributed by atoms with E-state index in [1.54, 1.807) is 18.4 Å². The molecule has 0 N–H and O–H groups in total. The second kappa shape index (κ2) is 5.68. The Balaban J connectivity index is 1.99. The second-order valence-corrected chi connectivity index (χ2v) is 6.87. The molecule has 0 amide bonds. The number of benzene rings is 1. The van der Waals surface area contributed by atoms with E-state index in [1.807, 2.05) is 18.2 Å². The maximum absolute atomic E-state index is 9.33. The molecule has 0 bridgehead atoms. The van der Waals surface area contributed by atoms with Crippen LogP contribution in [0.2, 0.25) is 0 Å². The molecular formula is C19H16N2OS. The zero-order valence-electron chi connectivity index (χ0n) is 12.9. The highest BCUT2D eigenvalue weighted by atomic mass is 32.1. The number of methoxy groups -OCH3 is 1. The van der Waals surface area contributed by atoms with Gasteiger partial charge in [-0.05, 0) is 60.6 Å². The van der Waals surface area contributed by atoms with Gasteiger partial charge in [-0.25, -0.2) is 4.98 Å². The van der Waals surface area contributed by atoms with Gasteiger partial charge in [-0.2, -0.15) is 5.26 Å². The molecule has 1 aliphatic rings. The Morgan fingerprint density at radius 3 is 2.70 bits per heavy atom. The summed E-state index contributed by atoms with van der Waals surface area (Å²) < 4.78 is 5.25. The topological polar surface area (TPSA) is 45.9 Å². The summed E-state index contributed by atoms with van der Waals surface area (Å²) in [6.45, 7) is 0. The summed E-state index contributed by atoms with van der Waals surface area (Å²) in [4.78, 5) is 7.00. The van der Waals surface area contributed by atoms with Gasteiger partial charge in [-0.15, -0.1) is 11.3 Å². The van der Waals surface area contributed by atoms with Gasteiger partial charge in [0.25, 0.3) is 0 Å². The standard InChI is InChI=1S/C19H16N2OS/c1-22-14-8-6-12(7-9-14)16-10-13(11-20)21-19-18(16)15-4-2-3-5-17(15)23-19/h6-10H,2-5H2,1H3. The van der Waals surface area contributed by atoms with Crippen LogP contribution in [0, 0.1) is 11.3 Å². The number of aromatic nitrogens is 1. The monoisotopic (exact) mass is 320 g/mol. The number of ether oxygens (including phenoxy) is 1. The Hall–Kier alpha value is -2.38. The van der Waals surface area contributed by atoms with Crippen molar-refractivity contribution >= 4 is 21.6 Å². The summed E-state index contributed by atoms with van der Waals surface area (Å²) in [5.74, 6) is 0.840. The SMILES string of the molecule is COc1ccc(-c2cc(C#N)nc3sc4c(c23)CCCC4)cc1. The van der Waals surface area contributed by atoms with Crippen molar-refractivity contribution < 1.29 is 4.74 Å². The third-order valence-electron chi connectivity index (χ3n) is 4.44. The first-order chi connectivity index (χ1) is 11.3. The van der Waals surface area contributed by atoms with Crippen LogP contribution in [0.3, 0.4) is 0 Å². The highest BCUT2D eigenvalue weighted by molar-refractivity contribution is 7.19. The molecule has 0 spiro atoms. The number of nitriles is 1. The van der Waals surface area contributed by atoms with Crippen molar-refractivity contribution in [2.24, 2.45) is 0 Å². The van der Waals surface area contributed by atoms with E-state index in [9.17, 15) is 5.26 Å². The molecule has 2 aromatic heterocycles. The second-order valence-electron chi connectivity index (χ2n) is 5.79. The van der Waals surface area contributed by atoms with Gasteiger partial charge in [-0.1, -0.05) is 12.1 Å². The molecule has 0 atom stereocenters. The molecule has 4 heteroatoms. The van der Waals surface area contributed by atoms with Crippen LogP contribution in [-0.2, 0) is 12.8 Å². The molecule has 1 aliphatic carbocycles. The quantitative estimate of drug-likeness (QED) is 0.686. The summed E-state index contributed by atoms with van der Waals surface area (Å²) in [6, 6.07) is 12.2. The maximum Gasteiger partial charge on any atom is 0.142 e. The maximum atomic E-state index is 9.33. The molecular weight excluding hydrogens is 304 g/mol. The first-order valence-corrected chi connectivity index (χ1v) is 8.61. The summed E-state index contributed by atoms with van der Waals surface area (Å²) in [5.41, 5.74) is 4.16. The fourth-order valence-corrected chi connectivity index (χ4v) is 4.60. The van der Waals surface area contributed by atoms with Crippen molar-refractivity contribution in [2.45, 2.75) is 25.7 Å². The van der Waals surface area contributed by atoms with E-state index in [4.69, 9.17) is 4.74 Å². The molecule has 0 unspecified atom stereocenters. The third-order valence-corrected chi connectivity index (χ3v) is 5.63. The summed E-state index contributed by atoms with van der Waals surface area (Å²) in [6.07, 6.45) is 4.75. The molecule has 1 aromatic carbocycles. The molecule has 114 valence electrons. The Kier molecular flexibility index (Phi) is 3.51. The minimum atomic E-state index is 0.488. The van der Waals surface area contributed by atoms with Crippen molar-refractivity contribution in [1.82, 2.24) is 4.98 Å². The fourth-order valence-electron chi connectivity index (χ4n) is 3.31. The zero-order valence-corrected chi connectivity index (χ0v) is 13.7. The molecule has 4 rings (SSSR count). The van der Waals surface area contributed by atoms with Gasteiger partial charge >= 0.3 is 0 Å². The molecule has 3 nitrogen and oxygen atoms in total. The van der Waals surface area contributed by atoms with E-state index in [0.29, 0.717) is 5.69 Å². The molecule has 0 radical (unpaired) electrons. The minimum absolute atomic E-state index is 0.488. The number of hydrogen-bond acceptors (Lipinski definition) is 4. The highest BCUT2D eigenvalue weighted by Crippen LogP contribution is 2.41. The van der Waals surface area contributed by atoms with Gasteiger partial charge in [0.2, 0.25) is 0 Å². The van der Waals surface area contributed by atoms with Crippen LogP contribution in [0.25, 0.3) is 21.3 Å². The fraction of sp³-hybridized carbons (Fsp3) is 0.263. The van der Waals surface area contributed by atoms with Crippen LogP contribution >= 0.6 is 11.3 Å². The first-order valence-electron chi connectivity index (χ1n) is 7.80. The number of hydrogen-bond donors (Lipinski definition) is 0. The molecule has 0 saturated carbocycles. The van der Waals surface area contributed by atoms with Crippen LogP contribution in [0.15, 0.2) is 30.3 Å². The number of aryl methyl sites for hydroxylation is 2. The minimum Gasteiger partial charge on any atom is -0.497 e. The lowest BCUT2D eigenvalue weighted by atomic mass is 9.92. The largest absolute Gasteiger partial charge is 0.497 e. The third kappa shape index (κ3) is 2.38. The number of thiophene rings is 1. The van der Waals surface area contributed by atoms with E-state index >= 15 is 0 Å². The normalized spacial score (nSPS) is 13.6. The summed E-state index contributed by atoms with van der Waals surface area (Å²) in [5, 5.41) is 10.6. The van der Waals surface area contributed by atoms with E-state index in [2.05, 4.69) is 23.2 Å². The van der Waals surface area contributed by atoms with Gasteiger partial charge in [-0.3, -0.25) is 0 Å². The van der Waals surface area contributed by atoms with Gasteiger partial charge in [0.15, 0.2) is 0 Å². The van der Waals surface area contributed by atoms with Crippen molar-refractivity contribution in [1.29, 1.82) is 5.26 Å². The number of nitrogens with zero attached hydrogens (tertiary/aromatic N) is 2. The van der Waals surface area contributed by atoms with Crippen molar-refractivity contribution in [3.05, 3.63) is 46.5 Å². The predicted octanol–water partition coefficient (Wildman–Crippen LogP) is 4.72. The molecule has 0 saturated heterocycles. The number of rotatable bonds is 2. The number of fused-ring (bicyclic) bond motifs is 3. The van der Waals surface area contributed by atoms with Gasteiger partial charge in [0, 0.05) is 10.3 Å². The van der Waals surface area contributed by atoms with Gasteiger partial charge in [0.05, 0.1) is 7.11 Å². The Bertz CT molecular complexity index is 919. The lowest BCUT2D eigenvalue weighted by molar-refractivity contribution is 0.415. The number of pyridine rings is 1. The van der Waals surface area contributed by atoms with Crippen molar-refractivity contribution in [3.63, 3.8) is 0 Å². The van der Waals surface area contributed by atoms with Crippen LogP contribution in [0.5, 0.6) is 5.75 Å². The average Bonchev–Trinajstić information content (AvgIpc) is 2.99. The van der Waals surface area contributed by atoms with E-state index < -0.39 is 0 Å². The van der Waals surface area contributed by atoms with Gasteiger partial charge < -0.3 is 4.74 Å². The molecule has 2 heterocycles. The molecule has 23 heavy (non-hydrogen) atoms. The lowest BCUT2D eigenvalue weighted by Gasteiger charge is -2.12. The Morgan fingerprint density at radius 1 is 1.17 bits per heavy atom. The van der Waals surface area contributed by atoms with E-state index in [-0.39, 0.29) is 0 Å². The van der Waals surface area contributed by atoms with Gasteiger partial charge in [0.1, 0.15) is 22.3 Å². The van der Waals surface area contributed by atoms with Crippen LogP contribution in [0.1, 0.15) is 29.0 Å². The molecule has 0 aliphatic heterocycles.